The number of hydrogen-bond acceptors (Lipinski definition) is 6. The lowest BCUT2D eigenvalue weighted by Crippen LogP contribution is -2.21. The molecule has 1 aromatic heterocycles. The Morgan fingerprint density at radius 3 is 2.88 bits per heavy atom. The van der Waals surface area contributed by atoms with Gasteiger partial charge in [-0.15, -0.1) is 0 Å². The third-order valence-corrected chi connectivity index (χ3v) is 4.10. The molecule has 1 fully saturated rings. The molecule has 0 N–H and O–H groups in total. The molecule has 1 saturated heterocycles. The quantitative estimate of drug-likeness (QED) is 0.863. The molecule has 0 spiro atoms. The van der Waals surface area contributed by atoms with Crippen molar-refractivity contribution in [2.24, 2.45) is 0 Å². The molecule has 1 atom stereocenters. The molecule has 2 aliphatic rings. The first-order chi connectivity index (χ1) is 11.7. The van der Waals surface area contributed by atoms with Crippen LogP contribution in [0.1, 0.15) is 5.56 Å². The molecule has 1 radical (unpaired) electrons. The minimum absolute atomic E-state index is 0.147. The number of fused-ring (bicyclic) bond motifs is 2. The van der Waals surface area contributed by atoms with Crippen molar-refractivity contribution in [3.05, 3.63) is 69.8 Å². The molecule has 1 aliphatic heterocycles. The third-order valence-electron chi connectivity index (χ3n) is 4.10. The van der Waals surface area contributed by atoms with Crippen LogP contribution in [0, 0.1) is 5.92 Å². The molecule has 6 nitrogen and oxygen atoms in total. The maximum atomic E-state index is 12.9. The molecule has 0 amide bonds. The third kappa shape index (κ3) is 2.27. The van der Waals surface area contributed by atoms with Crippen LogP contribution in [0.5, 0.6) is 5.75 Å². The van der Waals surface area contributed by atoms with E-state index in [1.54, 1.807) is 44.6 Å². The van der Waals surface area contributed by atoms with E-state index in [2.05, 4.69) is 0 Å². The smallest absolute Gasteiger partial charge is 0.197 e. The molecule has 6 heteroatoms. The predicted molar refractivity (Wildman–Crippen MR) is 85.4 cm³/mol. The summed E-state index contributed by atoms with van der Waals surface area (Å²) in [5, 5.41) is 0.473. The van der Waals surface area contributed by atoms with Crippen LogP contribution >= 0.6 is 0 Å². The fourth-order valence-corrected chi connectivity index (χ4v) is 2.84. The second-order valence-corrected chi connectivity index (χ2v) is 5.39. The number of benzene rings is 1. The summed E-state index contributed by atoms with van der Waals surface area (Å²) in [6, 6.07) is 5.10. The molecular formula is C18H15O6. The Balaban J connectivity index is 1.84. The largest absolute Gasteiger partial charge is 0.500 e. The van der Waals surface area contributed by atoms with Crippen LogP contribution in [0.4, 0.5) is 0 Å². The highest BCUT2D eigenvalue weighted by molar-refractivity contribution is 5.79. The van der Waals surface area contributed by atoms with E-state index in [9.17, 15) is 4.79 Å². The highest BCUT2D eigenvalue weighted by atomic mass is 16.7. The van der Waals surface area contributed by atoms with E-state index < -0.39 is 0 Å². The zero-order chi connectivity index (χ0) is 16.7. The van der Waals surface area contributed by atoms with Crippen molar-refractivity contribution in [3.8, 4) is 5.75 Å². The van der Waals surface area contributed by atoms with Crippen LogP contribution in [-0.4, -0.2) is 27.1 Å². The average molecular weight is 327 g/mol. The minimum Gasteiger partial charge on any atom is -0.500 e. The van der Waals surface area contributed by atoms with Gasteiger partial charge in [0.05, 0.1) is 31.4 Å². The van der Waals surface area contributed by atoms with Gasteiger partial charge in [-0.05, 0) is 24.3 Å². The second-order valence-electron chi connectivity index (χ2n) is 5.39. The summed E-state index contributed by atoms with van der Waals surface area (Å²) >= 11 is 0. The highest BCUT2D eigenvalue weighted by Crippen LogP contribution is 2.35. The molecular weight excluding hydrogens is 312 g/mol. The monoisotopic (exact) mass is 327 g/mol. The number of hydrogen-bond donors (Lipinski definition) is 0. The number of rotatable bonds is 3. The summed E-state index contributed by atoms with van der Waals surface area (Å²) in [4.78, 5) is 12.9. The molecule has 2 heterocycles. The first kappa shape index (κ1) is 14.8. The lowest BCUT2D eigenvalue weighted by molar-refractivity contribution is 0.0622. The first-order valence-electron chi connectivity index (χ1n) is 7.40. The normalized spacial score (nSPS) is 20.2. The van der Waals surface area contributed by atoms with Crippen molar-refractivity contribution in [2.45, 2.75) is 6.10 Å². The maximum absolute atomic E-state index is 12.9. The first-order valence-corrected chi connectivity index (χ1v) is 7.40. The molecule has 24 heavy (non-hydrogen) atoms. The SMILES string of the molecule is COC1=CC2OCOC2=C[C]1c1coc2cc(OC)ccc2c1=O. The van der Waals surface area contributed by atoms with Gasteiger partial charge in [0.25, 0.3) is 0 Å². The van der Waals surface area contributed by atoms with E-state index in [1.807, 2.05) is 0 Å². The highest BCUT2D eigenvalue weighted by Gasteiger charge is 2.33. The van der Waals surface area contributed by atoms with E-state index in [0.29, 0.717) is 39.7 Å². The van der Waals surface area contributed by atoms with E-state index >= 15 is 0 Å². The van der Waals surface area contributed by atoms with Crippen molar-refractivity contribution in [3.63, 3.8) is 0 Å². The lowest BCUT2D eigenvalue weighted by atomic mass is 9.91. The molecule has 2 aromatic rings. The van der Waals surface area contributed by atoms with Crippen LogP contribution in [0.3, 0.4) is 0 Å². The number of methoxy groups -OCH3 is 2. The van der Waals surface area contributed by atoms with Crippen molar-refractivity contribution in [1.29, 1.82) is 0 Å². The summed E-state index contributed by atoms with van der Waals surface area (Å²) in [7, 11) is 3.11. The van der Waals surface area contributed by atoms with E-state index in [4.69, 9.17) is 23.4 Å². The van der Waals surface area contributed by atoms with Crippen LogP contribution in [0.25, 0.3) is 11.0 Å². The van der Waals surface area contributed by atoms with Crippen molar-refractivity contribution >= 4 is 11.0 Å². The Kier molecular flexibility index (Phi) is 3.54. The van der Waals surface area contributed by atoms with Gasteiger partial charge in [0.1, 0.15) is 34.9 Å². The van der Waals surface area contributed by atoms with Gasteiger partial charge < -0.3 is 23.4 Å². The van der Waals surface area contributed by atoms with Gasteiger partial charge in [-0.1, -0.05) is 0 Å². The fraction of sp³-hybridized carbons (Fsp3) is 0.222. The fourth-order valence-electron chi connectivity index (χ4n) is 2.84. The topological polar surface area (TPSA) is 67.1 Å². The van der Waals surface area contributed by atoms with Gasteiger partial charge in [0, 0.05) is 6.07 Å². The van der Waals surface area contributed by atoms with Crippen LogP contribution in [0.15, 0.2) is 57.3 Å². The van der Waals surface area contributed by atoms with Gasteiger partial charge in [-0.2, -0.15) is 0 Å². The minimum atomic E-state index is -0.277. The molecule has 1 aliphatic carbocycles. The van der Waals surface area contributed by atoms with Gasteiger partial charge in [0.2, 0.25) is 0 Å². The zero-order valence-corrected chi connectivity index (χ0v) is 13.2. The van der Waals surface area contributed by atoms with Gasteiger partial charge in [-0.25, -0.2) is 0 Å². The predicted octanol–water partition coefficient (Wildman–Crippen LogP) is 2.52. The Morgan fingerprint density at radius 1 is 1.21 bits per heavy atom. The lowest BCUT2D eigenvalue weighted by Gasteiger charge is -2.21. The average Bonchev–Trinajstić information content (AvgIpc) is 3.08. The number of allylic oxidation sites excluding steroid dienone is 1. The van der Waals surface area contributed by atoms with Crippen molar-refractivity contribution in [2.75, 3.05) is 21.0 Å². The molecule has 123 valence electrons. The maximum Gasteiger partial charge on any atom is 0.197 e. The molecule has 0 saturated carbocycles. The van der Waals surface area contributed by atoms with E-state index in [-0.39, 0.29) is 18.3 Å². The Bertz CT molecular complexity index is 907. The van der Waals surface area contributed by atoms with Crippen LogP contribution < -0.4 is 10.2 Å². The molecule has 1 aromatic carbocycles. The van der Waals surface area contributed by atoms with E-state index in [1.165, 1.54) is 6.26 Å². The molecule has 4 rings (SSSR count). The summed E-state index contributed by atoms with van der Waals surface area (Å²) in [5.41, 5.74) is 0.724. The molecule has 0 bridgehead atoms. The Labute approximate surface area is 137 Å². The van der Waals surface area contributed by atoms with Crippen LogP contribution in [0.2, 0.25) is 0 Å². The summed E-state index contributed by atoms with van der Waals surface area (Å²) in [6.07, 6.45) is 4.70. The Morgan fingerprint density at radius 2 is 2.08 bits per heavy atom. The van der Waals surface area contributed by atoms with Crippen molar-refractivity contribution in [1.82, 2.24) is 0 Å². The molecule has 1 unspecified atom stereocenters. The second kappa shape index (κ2) is 5.72. The van der Waals surface area contributed by atoms with Crippen LogP contribution in [-0.2, 0) is 14.2 Å². The van der Waals surface area contributed by atoms with Gasteiger partial charge in [-0.3, -0.25) is 4.79 Å². The Hall–Kier alpha value is -2.73. The van der Waals surface area contributed by atoms with Gasteiger partial charge in [0.15, 0.2) is 12.2 Å². The summed E-state index contributed by atoms with van der Waals surface area (Å²) in [5.74, 6) is 2.44. The van der Waals surface area contributed by atoms with Gasteiger partial charge >= 0.3 is 0 Å². The summed E-state index contributed by atoms with van der Waals surface area (Å²) < 4.78 is 27.1. The van der Waals surface area contributed by atoms with Crippen molar-refractivity contribution < 1.29 is 23.4 Å². The summed E-state index contributed by atoms with van der Waals surface area (Å²) in [6.45, 7) is 0.184. The standard InChI is InChI=1S/C18H15O6/c1-20-10-3-4-11-15(5-10)22-8-13(18(11)19)12-6-16-17(24-9-23-16)7-14(12)21-2/h3-8,17H,9H2,1-2H3. The van der Waals surface area contributed by atoms with E-state index in [0.717, 1.165) is 0 Å². The number of ether oxygens (including phenoxy) is 4. The zero-order valence-electron chi connectivity index (χ0n) is 13.2.